The van der Waals surface area contributed by atoms with Gasteiger partial charge in [0.1, 0.15) is 0 Å². The van der Waals surface area contributed by atoms with E-state index < -0.39 is 0 Å². The number of benzene rings is 5. The summed E-state index contributed by atoms with van der Waals surface area (Å²) in [4.78, 5) is 2.61. The Labute approximate surface area is 252 Å². The molecule has 5 aromatic carbocycles. The minimum Gasteiger partial charge on any atom is -0.313 e. The van der Waals surface area contributed by atoms with E-state index in [0.717, 1.165) is 6.42 Å². The van der Waals surface area contributed by atoms with Gasteiger partial charge in [0, 0.05) is 17.1 Å². The van der Waals surface area contributed by atoms with Crippen LogP contribution in [0, 0.1) is 6.92 Å². The third kappa shape index (κ3) is 4.79. The third-order valence-electron chi connectivity index (χ3n) is 9.38. The van der Waals surface area contributed by atoms with Crippen LogP contribution in [-0.4, -0.2) is 13.4 Å². The number of para-hydroxylation sites is 1. The van der Waals surface area contributed by atoms with Crippen LogP contribution in [0.1, 0.15) is 56.6 Å². The highest BCUT2D eigenvalue weighted by Crippen LogP contribution is 2.38. The Hall–Kier alpha value is -3.97. The van der Waals surface area contributed by atoms with Crippen molar-refractivity contribution < 1.29 is 0 Å². The fourth-order valence-electron chi connectivity index (χ4n) is 7.48. The van der Waals surface area contributed by atoms with Gasteiger partial charge < -0.3 is 4.90 Å². The second-order valence-corrected chi connectivity index (χ2v) is 12.3. The Morgan fingerprint density at radius 1 is 0.524 bits per heavy atom. The Morgan fingerprint density at radius 3 is 1.76 bits per heavy atom. The van der Waals surface area contributed by atoms with Gasteiger partial charge in [0.15, 0.2) is 0 Å². The largest absolute Gasteiger partial charge is 0.313 e. The number of anilines is 3. The number of aryl methyl sites for hydroxylation is 2. The highest BCUT2D eigenvalue weighted by atomic mass is 15.2. The first-order chi connectivity index (χ1) is 20.7. The molecule has 2 heterocycles. The van der Waals surface area contributed by atoms with Gasteiger partial charge in [-0.05, 0) is 59.3 Å². The van der Waals surface area contributed by atoms with Gasteiger partial charge in [0.2, 0.25) is 13.4 Å². The third-order valence-corrected chi connectivity index (χ3v) is 9.38. The van der Waals surface area contributed by atoms with E-state index in [-0.39, 0.29) is 13.4 Å². The Balaban J connectivity index is 1.41. The maximum Gasteiger partial charge on any atom is 0.246 e. The zero-order valence-corrected chi connectivity index (χ0v) is 25.0. The first-order valence-electron chi connectivity index (χ1n) is 16.0. The molecule has 2 aliphatic rings. The van der Waals surface area contributed by atoms with Gasteiger partial charge in [-0.2, -0.15) is 0 Å². The van der Waals surface area contributed by atoms with Crippen molar-refractivity contribution in [2.75, 3.05) is 4.90 Å². The van der Waals surface area contributed by atoms with Crippen LogP contribution >= 0.6 is 0 Å². The topological polar surface area (TPSA) is 3.24 Å². The summed E-state index contributed by atoms with van der Waals surface area (Å²) in [6, 6.07) is 43.6. The molecule has 206 valence electrons. The molecule has 42 heavy (non-hydrogen) atoms. The molecular weight excluding hydrogens is 504 g/mol. The standard InChI is InChI=1S/C39H39B2N/c1-3-4-5-6-7-10-17-30-24-25-34-38(28-30)42-37-23-16-15-22-33(37)40(31-18-11-8-12-19-31)35-26-29(2)27-36(39(35)42)41(34)32-20-13-9-14-21-32/h8-9,11-16,18-28H,3-7,10,17H2,1-2H3. The molecule has 1 nitrogen and oxygen atoms in total. The van der Waals surface area contributed by atoms with Crippen molar-refractivity contribution >= 4 is 63.3 Å². The molecule has 7 rings (SSSR count). The van der Waals surface area contributed by atoms with Crippen LogP contribution in [0.25, 0.3) is 0 Å². The van der Waals surface area contributed by atoms with Gasteiger partial charge in [0.25, 0.3) is 0 Å². The van der Waals surface area contributed by atoms with Crippen molar-refractivity contribution in [2.24, 2.45) is 0 Å². The Morgan fingerprint density at radius 2 is 1.10 bits per heavy atom. The summed E-state index contributed by atoms with van der Waals surface area (Å²) >= 11 is 0. The fraction of sp³-hybridized carbons (Fsp3) is 0.231. The summed E-state index contributed by atoms with van der Waals surface area (Å²) in [6.07, 6.45) is 9.11. The van der Waals surface area contributed by atoms with E-state index in [9.17, 15) is 0 Å². The zero-order chi connectivity index (χ0) is 28.5. The van der Waals surface area contributed by atoms with Crippen LogP contribution in [0.15, 0.2) is 115 Å². The van der Waals surface area contributed by atoms with Crippen molar-refractivity contribution in [2.45, 2.75) is 58.8 Å². The molecule has 0 bridgehead atoms. The highest BCUT2D eigenvalue weighted by Gasteiger charge is 2.43. The molecule has 5 aromatic rings. The summed E-state index contributed by atoms with van der Waals surface area (Å²) in [6.45, 7) is 4.97. The number of hydrogen-bond acceptors (Lipinski definition) is 1. The van der Waals surface area contributed by atoms with Crippen molar-refractivity contribution in [3.8, 4) is 0 Å². The van der Waals surface area contributed by atoms with E-state index in [1.807, 2.05) is 0 Å². The first-order valence-corrected chi connectivity index (χ1v) is 16.0. The van der Waals surface area contributed by atoms with E-state index in [0.29, 0.717) is 0 Å². The van der Waals surface area contributed by atoms with Gasteiger partial charge in [-0.1, -0.05) is 159 Å². The predicted molar refractivity (Wildman–Crippen MR) is 185 cm³/mol. The molecule has 0 amide bonds. The van der Waals surface area contributed by atoms with E-state index >= 15 is 0 Å². The van der Waals surface area contributed by atoms with Gasteiger partial charge >= 0.3 is 0 Å². The first kappa shape index (κ1) is 26.9. The number of hydrogen-bond donors (Lipinski definition) is 0. The Kier molecular flexibility index (Phi) is 7.51. The van der Waals surface area contributed by atoms with Crippen LogP contribution < -0.4 is 37.7 Å². The van der Waals surface area contributed by atoms with Gasteiger partial charge in [0.05, 0.1) is 0 Å². The molecule has 0 radical (unpaired) electrons. The second-order valence-electron chi connectivity index (χ2n) is 12.3. The average molecular weight is 543 g/mol. The van der Waals surface area contributed by atoms with Gasteiger partial charge in [-0.3, -0.25) is 0 Å². The molecule has 0 saturated carbocycles. The van der Waals surface area contributed by atoms with Crippen LogP contribution in [0.4, 0.5) is 17.1 Å². The maximum absolute atomic E-state index is 2.61. The number of fused-ring (bicyclic) bond motifs is 4. The van der Waals surface area contributed by atoms with Gasteiger partial charge in [-0.25, -0.2) is 0 Å². The SMILES string of the molecule is CCCCCCCCc1ccc2c(c1)N1c3ccccc3B(c3ccccc3)c3cc(C)cc(c31)B2c1ccccc1. The summed E-state index contributed by atoms with van der Waals surface area (Å²) in [5, 5.41) is 0. The average Bonchev–Trinajstić information content (AvgIpc) is 3.03. The molecule has 0 aliphatic carbocycles. The molecule has 0 unspecified atom stereocenters. The fourth-order valence-corrected chi connectivity index (χ4v) is 7.48. The molecule has 0 fully saturated rings. The molecule has 0 N–H and O–H groups in total. The maximum atomic E-state index is 2.61. The van der Waals surface area contributed by atoms with Gasteiger partial charge in [-0.15, -0.1) is 0 Å². The van der Waals surface area contributed by atoms with Crippen molar-refractivity contribution in [3.63, 3.8) is 0 Å². The molecule has 3 heteroatoms. The van der Waals surface area contributed by atoms with E-state index in [4.69, 9.17) is 0 Å². The van der Waals surface area contributed by atoms with Crippen LogP contribution in [0.3, 0.4) is 0 Å². The lowest BCUT2D eigenvalue weighted by Crippen LogP contribution is -2.65. The quantitative estimate of drug-likeness (QED) is 0.159. The van der Waals surface area contributed by atoms with E-state index in [1.54, 1.807) is 0 Å². The molecule has 0 spiro atoms. The van der Waals surface area contributed by atoms with Crippen LogP contribution in [0.5, 0.6) is 0 Å². The molecule has 0 aromatic heterocycles. The second kappa shape index (κ2) is 11.7. The lowest BCUT2D eigenvalue weighted by Gasteiger charge is -2.44. The van der Waals surface area contributed by atoms with E-state index in [2.05, 4.69) is 134 Å². The summed E-state index contributed by atoms with van der Waals surface area (Å²) in [5.74, 6) is 0. The number of rotatable bonds is 9. The molecule has 0 saturated heterocycles. The smallest absolute Gasteiger partial charge is 0.246 e. The molecular formula is C39H39B2N. The van der Waals surface area contributed by atoms with E-state index in [1.165, 1.54) is 99.5 Å². The Bertz CT molecular complexity index is 1680. The monoisotopic (exact) mass is 543 g/mol. The normalized spacial score (nSPS) is 13.0. The summed E-state index contributed by atoms with van der Waals surface area (Å²) < 4.78 is 0. The zero-order valence-electron chi connectivity index (χ0n) is 25.0. The molecule has 0 atom stereocenters. The van der Waals surface area contributed by atoms with Crippen molar-refractivity contribution in [1.82, 2.24) is 0 Å². The summed E-state index contributed by atoms with van der Waals surface area (Å²) in [5.41, 5.74) is 15.2. The highest BCUT2D eigenvalue weighted by molar-refractivity contribution is 7.02. The lowest BCUT2D eigenvalue weighted by molar-refractivity contribution is 0.607. The minimum absolute atomic E-state index is 0.205. The lowest BCUT2D eigenvalue weighted by atomic mass is 9.30. The predicted octanol–water partition coefficient (Wildman–Crippen LogP) is 6.03. The number of unbranched alkanes of at least 4 members (excludes halogenated alkanes) is 5. The number of nitrogens with zero attached hydrogens (tertiary/aromatic N) is 1. The minimum atomic E-state index is 0.205. The summed E-state index contributed by atoms with van der Waals surface area (Å²) in [7, 11) is 0. The van der Waals surface area contributed by atoms with Crippen molar-refractivity contribution in [1.29, 1.82) is 0 Å². The van der Waals surface area contributed by atoms with Crippen molar-refractivity contribution in [3.05, 3.63) is 126 Å². The van der Waals surface area contributed by atoms with Crippen LogP contribution in [0.2, 0.25) is 0 Å². The molecule has 2 aliphatic heterocycles. The van der Waals surface area contributed by atoms with Crippen LogP contribution in [-0.2, 0) is 6.42 Å².